The van der Waals surface area contributed by atoms with Crippen molar-refractivity contribution in [3.63, 3.8) is 0 Å². The minimum Gasteiger partial charge on any atom is -0.412 e. The summed E-state index contributed by atoms with van der Waals surface area (Å²) in [6, 6.07) is 0. The van der Waals surface area contributed by atoms with Gasteiger partial charge >= 0.3 is 0 Å². The van der Waals surface area contributed by atoms with Crippen LogP contribution in [0.1, 0.15) is 0 Å². The van der Waals surface area contributed by atoms with Crippen molar-refractivity contribution in [3.8, 4) is 0 Å². The quantitative estimate of drug-likeness (QED) is 0.334. The maximum absolute atomic E-state index is 0. The molecular formula is H6F4OTi. The molecule has 6 heavy (non-hydrogen) atoms. The molecule has 0 aromatic carbocycles. The fourth-order valence-corrected chi connectivity index (χ4v) is 0. The Morgan fingerprint density at radius 1 is 0.500 bits per heavy atom. The first-order chi connectivity index (χ1) is 0. The average Bonchev–Trinajstić information content (AvgIpc) is 0. The Morgan fingerprint density at radius 3 is 0.500 bits per heavy atom. The van der Waals surface area contributed by atoms with Gasteiger partial charge in [-0.2, -0.15) is 0 Å². The van der Waals surface area contributed by atoms with Gasteiger partial charge in [-0.1, -0.05) is 0 Å². The normalized spacial score (nSPS) is 0. The minimum absolute atomic E-state index is 0. The Morgan fingerprint density at radius 2 is 0.500 bits per heavy atom. The van der Waals surface area contributed by atoms with Gasteiger partial charge in [-0.25, -0.2) is 0 Å². The van der Waals surface area contributed by atoms with E-state index in [1.54, 1.807) is 0 Å². The molecule has 2 N–H and O–H groups in total. The van der Waals surface area contributed by atoms with E-state index in [1.807, 2.05) is 0 Å². The molecule has 0 aliphatic rings. The molecule has 0 saturated heterocycles. The van der Waals surface area contributed by atoms with Crippen molar-refractivity contribution in [1.82, 2.24) is 0 Å². The summed E-state index contributed by atoms with van der Waals surface area (Å²) in [6.07, 6.45) is 0. The van der Waals surface area contributed by atoms with Crippen LogP contribution < -0.4 is 0 Å². The molecule has 0 aliphatic carbocycles. The van der Waals surface area contributed by atoms with Crippen molar-refractivity contribution in [1.29, 1.82) is 0 Å². The molecule has 1 nitrogen and oxygen atoms in total. The Balaban J connectivity index is 0. The summed E-state index contributed by atoms with van der Waals surface area (Å²) in [4.78, 5) is 0. The van der Waals surface area contributed by atoms with Crippen LogP contribution in [0, 0.1) is 0 Å². The van der Waals surface area contributed by atoms with Gasteiger partial charge in [-0.05, 0) is 0 Å². The summed E-state index contributed by atoms with van der Waals surface area (Å²) >= 11 is 0. The Kier molecular flexibility index (Phi) is 134000. The second kappa shape index (κ2) is 670. The molecule has 0 radical (unpaired) electrons. The largest absolute Gasteiger partial charge is 0.412 e. The van der Waals surface area contributed by atoms with Crippen LogP contribution in [0.5, 0.6) is 0 Å². The molecule has 0 aromatic rings. The van der Waals surface area contributed by atoms with Crippen LogP contribution in [0.3, 0.4) is 0 Å². The predicted octanol–water partition coefficient (Wildman–Crippen LogP) is -0.217. The predicted molar refractivity (Wildman–Crippen MR) is 13.6 cm³/mol. The van der Waals surface area contributed by atoms with E-state index >= 15 is 0 Å². The van der Waals surface area contributed by atoms with Gasteiger partial charge in [-0.15, -0.1) is 0 Å². The van der Waals surface area contributed by atoms with Gasteiger partial charge in [0.15, 0.2) is 0 Å². The molecular weight excluding hydrogens is 140 g/mol. The zero-order valence-corrected chi connectivity index (χ0v) is 4.19. The standard InChI is InChI=1S/4FH.H2O.Ti/h4*1H;1H2;. The van der Waals surface area contributed by atoms with Gasteiger partial charge in [0, 0.05) is 21.7 Å². The number of halogens is 4. The van der Waals surface area contributed by atoms with E-state index in [2.05, 4.69) is 0 Å². The fraction of sp³-hybridized carbons (Fsp3) is 0. The first-order valence-corrected chi connectivity index (χ1v) is 0. The summed E-state index contributed by atoms with van der Waals surface area (Å²) in [7, 11) is 0. The van der Waals surface area contributed by atoms with Crippen LogP contribution in [0.25, 0.3) is 0 Å². The van der Waals surface area contributed by atoms with Gasteiger partial charge < -0.3 is 5.48 Å². The molecule has 0 saturated carbocycles. The van der Waals surface area contributed by atoms with Gasteiger partial charge in [0.05, 0.1) is 0 Å². The Labute approximate surface area is 46.8 Å². The minimum atomic E-state index is 0. The second-order valence-corrected chi connectivity index (χ2v) is 0. The molecule has 0 aliphatic heterocycles. The molecule has 0 atom stereocenters. The third kappa shape index (κ3) is 326. The molecule has 44 valence electrons. The summed E-state index contributed by atoms with van der Waals surface area (Å²) in [5.74, 6) is 0. The van der Waals surface area contributed by atoms with Crippen LogP contribution in [-0.4, -0.2) is 5.48 Å². The van der Waals surface area contributed by atoms with E-state index in [0.29, 0.717) is 0 Å². The van der Waals surface area contributed by atoms with Gasteiger partial charge in [0.25, 0.3) is 0 Å². The first kappa shape index (κ1) is 1200. The Hall–Kier alpha value is 0.394. The molecule has 0 amide bonds. The molecule has 0 fully saturated rings. The van der Waals surface area contributed by atoms with E-state index in [4.69, 9.17) is 0 Å². The van der Waals surface area contributed by atoms with Crippen molar-refractivity contribution in [3.05, 3.63) is 0 Å². The monoisotopic (exact) mass is 146 g/mol. The SMILES string of the molecule is F.F.F.F.O.[Ti]. The van der Waals surface area contributed by atoms with Crippen LogP contribution in [0.15, 0.2) is 0 Å². The van der Waals surface area contributed by atoms with Crippen LogP contribution >= 0.6 is 0 Å². The van der Waals surface area contributed by atoms with Crippen molar-refractivity contribution in [2.24, 2.45) is 0 Å². The van der Waals surface area contributed by atoms with Crippen molar-refractivity contribution in [2.75, 3.05) is 0 Å². The number of hydrogen-bond donors (Lipinski definition) is 0. The van der Waals surface area contributed by atoms with E-state index in [9.17, 15) is 0 Å². The van der Waals surface area contributed by atoms with Gasteiger partial charge in [-0.3, -0.25) is 18.8 Å². The van der Waals surface area contributed by atoms with Crippen LogP contribution in [-0.2, 0) is 21.7 Å². The van der Waals surface area contributed by atoms with E-state index in [-0.39, 0.29) is 46.0 Å². The van der Waals surface area contributed by atoms with Crippen molar-refractivity contribution in [2.45, 2.75) is 0 Å². The molecule has 0 bridgehead atoms. The second-order valence-electron chi connectivity index (χ2n) is 0. The van der Waals surface area contributed by atoms with E-state index < -0.39 is 0 Å². The maximum Gasteiger partial charge on any atom is 0 e. The molecule has 0 unspecified atom stereocenters. The fourth-order valence-electron chi connectivity index (χ4n) is 0. The summed E-state index contributed by atoms with van der Waals surface area (Å²) < 4.78 is 0. The topological polar surface area (TPSA) is 31.5 Å². The molecule has 0 heterocycles. The van der Waals surface area contributed by atoms with E-state index in [1.165, 1.54) is 0 Å². The van der Waals surface area contributed by atoms with Crippen LogP contribution in [0.2, 0.25) is 0 Å². The average molecular weight is 146 g/mol. The maximum atomic E-state index is 0. The number of rotatable bonds is 0. The number of hydrogen-bond acceptors (Lipinski definition) is 0. The summed E-state index contributed by atoms with van der Waals surface area (Å²) in [5.41, 5.74) is 0. The molecule has 0 aromatic heterocycles. The molecule has 6 heteroatoms. The molecule has 0 rings (SSSR count). The summed E-state index contributed by atoms with van der Waals surface area (Å²) in [6.45, 7) is 0. The first-order valence-electron chi connectivity index (χ1n) is 0. The van der Waals surface area contributed by atoms with Gasteiger partial charge in [0.2, 0.25) is 0 Å². The summed E-state index contributed by atoms with van der Waals surface area (Å²) in [5, 5.41) is 0. The zero-order valence-electron chi connectivity index (χ0n) is 2.63. The zero-order chi connectivity index (χ0) is 0. The van der Waals surface area contributed by atoms with Gasteiger partial charge in [0.1, 0.15) is 0 Å². The smallest absolute Gasteiger partial charge is 0 e. The third-order valence-electron chi connectivity index (χ3n) is 0. The third-order valence-corrected chi connectivity index (χ3v) is 0. The van der Waals surface area contributed by atoms with E-state index in [0.717, 1.165) is 0 Å². The Bertz CT molecular complexity index is 7.51. The van der Waals surface area contributed by atoms with Crippen molar-refractivity contribution >= 4 is 0 Å². The van der Waals surface area contributed by atoms with Crippen LogP contribution in [0.4, 0.5) is 18.8 Å². The molecule has 0 spiro atoms. The van der Waals surface area contributed by atoms with Crippen molar-refractivity contribution < 1.29 is 46.0 Å².